The first kappa shape index (κ1) is 5.58. The molecule has 0 saturated carbocycles. The minimum atomic E-state index is -0.732. The summed E-state index contributed by atoms with van der Waals surface area (Å²) in [7, 11) is 1.48. The van der Waals surface area contributed by atoms with E-state index >= 15 is 0 Å². The van der Waals surface area contributed by atoms with Crippen LogP contribution in [-0.2, 0) is 4.74 Å². The third-order valence-electron chi connectivity index (χ3n) is 1.29. The van der Waals surface area contributed by atoms with E-state index in [1.165, 1.54) is 7.11 Å². The zero-order valence-corrected chi connectivity index (χ0v) is 6.74. The Labute approximate surface area is 70.1 Å². The molecule has 1 aliphatic rings. The molecule has 0 N–H and O–H groups in total. The highest BCUT2D eigenvalue weighted by Crippen LogP contribution is 2.05. The SMILES string of the molecule is [2H]C1/C=C\C=C(\C)N=C(OC)C1[2H]. The van der Waals surface area contributed by atoms with E-state index < -0.39 is 12.8 Å². The highest BCUT2D eigenvalue weighted by molar-refractivity contribution is 5.77. The molecule has 0 radical (unpaired) electrons. The maximum Gasteiger partial charge on any atom is 0.188 e. The Hall–Kier alpha value is -1.05. The molecule has 2 atom stereocenters. The van der Waals surface area contributed by atoms with Crippen LogP contribution in [0.4, 0.5) is 0 Å². The fraction of sp³-hybridized carbons (Fsp3) is 0.444. The Morgan fingerprint density at radius 1 is 1.73 bits per heavy atom. The van der Waals surface area contributed by atoms with Crippen molar-refractivity contribution >= 4 is 5.90 Å². The van der Waals surface area contributed by atoms with E-state index in [-0.39, 0.29) is 0 Å². The molecule has 0 aromatic carbocycles. The first-order valence-corrected chi connectivity index (χ1v) is 3.47. The van der Waals surface area contributed by atoms with Gasteiger partial charge in [-0.05, 0) is 19.4 Å². The second-order valence-electron chi connectivity index (χ2n) is 2.21. The van der Waals surface area contributed by atoms with Crippen LogP contribution in [0.5, 0.6) is 0 Å². The normalized spacial score (nSPS) is 41.6. The van der Waals surface area contributed by atoms with Gasteiger partial charge < -0.3 is 4.74 Å². The molecule has 0 amide bonds. The number of ether oxygens (including phenoxy) is 1. The quantitative estimate of drug-likeness (QED) is 0.523. The Morgan fingerprint density at radius 3 is 3.27 bits per heavy atom. The fourth-order valence-corrected chi connectivity index (χ4v) is 0.759. The van der Waals surface area contributed by atoms with Crippen molar-refractivity contribution < 1.29 is 7.48 Å². The van der Waals surface area contributed by atoms with Gasteiger partial charge in [0.05, 0.1) is 7.11 Å². The summed E-state index contributed by atoms with van der Waals surface area (Å²) in [5.41, 5.74) is 0.789. The summed E-state index contributed by atoms with van der Waals surface area (Å²) < 4.78 is 20.1. The molecule has 1 heterocycles. The molecule has 2 unspecified atom stereocenters. The third-order valence-corrected chi connectivity index (χ3v) is 1.29. The maximum absolute atomic E-state index is 7.64. The van der Waals surface area contributed by atoms with Gasteiger partial charge in [-0.3, -0.25) is 0 Å². The van der Waals surface area contributed by atoms with E-state index in [0.29, 0.717) is 5.90 Å². The number of hydrogen-bond acceptors (Lipinski definition) is 2. The Balaban J connectivity index is 2.98. The van der Waals surface area contributed by atoms with Crippen molar-refractivity contribution in [1.82, 2.24) is 0 Å². The highest BCUT2D eigenvalue weighted by atomic mass is 16.5. The van der Waals surface area contributed by atoms with Gasteiger partial charge in [0, 0.05) is 14.8 Å². The number of allylic oxidation sites excluding steroid dienone is 4. The van der Waals surface area contributed by atoms with E-state index in [0.717, 1.165) is 5.70 Å². The summed E-state index contributed by atoms with van der Waals surface area (Å²) >= 11 is 0. The van der Waals surface area contributed by atoms with Crippen LogP contribution >= 0.6 is 0 Å². The van der Waals surface area contributed by atoms with Gasteiger partial charge in [-0.2, -0.15) is 0 Å². The molecule has 60 valence electrons. The number of hydrogen-bond donors (Lipinski definition) is 0. The van der Waals surface area contributed by atoms with E-state index in [1.807, 2.05) is 6.92 Å². The van der Waals surface area contributed by atoms with Crippen molar-refractivity contribution in [3.8, 4) is 0 Å². The zero-order chi connectivity index (χ0) is 9.84. The lowest BCUT2D eigenvalue weighted by molar-refractivity contribution is 0.390. The monoisotopic (exact) mass is 153 g/mol. The lowest BCUT2D eigenvalue weighted by Gasteiger charge is -2.04. The summed E-state index contributed by atoms with van der Waals surface area (Å²) in [6.07, 6.45) is 3.87. The van der Waals surface area contributed by atoms with Gasteiger partial charge in [-0.25, -0.2) is 4.99 Å². The van der Waals surface area contributed by atoms with Gasteiger partial charge in [0.25, 0.3) is 0 Å². The summed E-state index contributed by atoms with van der Waals surface area (Å²) in [5, 5.41) is 0. The van der Waals surface area contributed by atoms with Crippen LogP contribution in [0.3, 0.4) is 0 Å². The van der Waals surface area contributed by atoms with E-state index in [4.69, 9.17) is 7.48 Å². The number of nitrogens with zero attached hydrogens (tertiary/aromatic N) is 1. The average Bonchev–Trinajstić information content (AvgIpc) is 2.11. The van der Waals surface area contributed by atoms with Crippen LogP contribution in [0.15, 0.2) is 28.9 Å². The molecule has 0 aromatic heterocycles. The van der Waals surface area contributed by atoms with E-state index in [1.54, 1.807) is 18.2 Å². The van der Waals surface area contributed by atoms with Crippen molar-refractivity contribution in [2.75, 3.05) is 7.11 Å². The lowest BCUT2D eigenvalue weighted by atomic mass is 10.2. The summed E-state index contributed by atoms with van der Waals surface area (Å²) in [6, 6.07) is 0. The maximum atomic E-state index is 7.64. The van der Waals surface area contributed by atoms with E-state index in [2.05, 4.69) is 4.99 Å². The zero-order valence-electron chi connectivity index (χ0n) is 8.74. The Bertz CT molecular complexity index is 271. The average molecular weight is 153 g/mol. The molecule has 1 rings (SSSR count). The fourth-order valence-electron chi connectivity index (χ4n) is 0.759. The predicted octanol–water partition coefficient (Wildman–Crippen LogP) is 2.29. The second-order valence-corrected chi connectivity index (χ2v) is 2.21. The summed E-state index contributed by atoms with van der Waals surface area (Å²) in [5.74, 6) is 0.304. The first-order valence-electron chi connectivity index (χ1n) is 4.62. The number of aliphatic imine (C=N–C) groups is 1. The predicted molar refractivity (Wildman–Crippen MR) is 46.6 cm³/mol. The standard InChI is InChI=1S/C9H13NO/c1-8-6-4-3-5-7-9(10-8)11-2/h3-4,6H,5,7H2,1-2H3/b4-3-,8-6-,10-9?/i5D,7D. The molecule has 0 fully saturated rings. The van der Waals surface area contributed by atoms with Gasteiger partial charge in [0.15, 0.2) is 5.90 Å². The van der Waals surface area contributed by atoms with Crippen molar-refractivity contribution in [3.63, 3.8) is 0 Å². The topological polar surface area (TPSA) is 21.6 Å². The van der Waals surface area contributed by atoms with Gasteiger partial charge in [-0.1, -0.05) is 12.2 Å². The van der Waals surface area contributed by atoms with Crippen LogP contribution in [-0.4, -0.2) is 13.0 Å². The Kier molecular flexibility index (Phi) is 2.01. The minimum absolute atomic E-state index is 0.304. The molecule has 0 spiro atoms. The van der Waals surface area contributed by atoms with Crippen molar-refractivity contribution in [3.05, 3.63) is 23.9 Å². The van der Waals surface area contributed by atoms with Crippen LogP contribution in [0, 0.1) is 0 Å². The Morgan fingerprint density at radius 2 is 2.55 bits per heavy atom. The lowest BCUT2D eigenvalue weighted by Crippen LogP contribution is -2.01. The molecule has 0 aliphatic carbocycles. The largest absolute Gasteiger partial charge is 0.484 e. The van der Waals surface area contributed by atoms with Crippen LogP contribution in [0.2, 0.25) is 0 Å². The van der Waals surface area contributed by atoms with Crippen LogP contribution in [0.25, 0.3) is 0 Å². The molecule has 11 heavy (non-hydrogen) atoms. The van der Waals surface area contributed by atoms with Crippen LogP contribution in [0.1, 0.15) is 22.5 Å². The second kappa shape index (κ2) is 3.96. The van der Waals surface area contributed by atoms with E-state index in [9.17, 15) is 0 Å². The molecule has 1 aliphatic heterocycles. The third kappa shape index (κ3) is 2.58. The summed E-state index contributed by atoms with van der Waals surface area (Å²) in [4.78, 5) is 4.08. The molecular formula is C9H13NO. The van der Waals surface area contributed by atoms with Gasteiger partial charge >= 0.3 is 0 Å². The van der Waals surface area contributed by atoms with Gasteiger partial charge in [0.2, 0.25) is 0 Å². The number of methoxy groups -OCH3 is 1. The molecule has 2 nitrogen and oxygen atoms in total. The highest BCUT2D eigenvalue weighted by Gasteiger charge is 1.98. The molecule has 0 aromatic rings. The molecule has 2 heteroatoms. The van der Waals surface area contributed by atoms with Gasteiger partial charge in [0.1, 0.15) is 0 Å². The number of rotatable bonds is 0. The summed E-state index contributed by atoms with van der Waals surface area (Å²) in [6.45, 7) is 1.83. The molecular weight excluding hydrogens is 138 g/mol. The minimum Gasteiger partial charge on any atom is -0.484 e. The van der Waals surface area contributed by atoms with Crippen molar-refractivity contribution in [2.24, 2.45) is 4.99 Å². The van der Waals surface area contributed by atoms with Crippen LogP contribution < -0.4 is 0 Å². The first-order chi connectivity index (χ1) is 6.15. The van der Waals surface area contributed by atoms with Crippen molar-refractivity contribution in [2.45, 2.75) is 19.7 Å². The molecule has 0 bridgehead atoms. The molecule has 0 saturated heterocycles. The van der Waals surface area contributed by atoms with Gasteiger partial charge in [-0.15, -0.1) is 0 Å². The smallest absolute Gasteiger partial charge is 0.188 e. The van der Waals surface area contributed by atoms with Crippen molar-refractivity contribution in [1.29, 1.82) is 0 Å².